The Hall–Kier alpha value is -0.120. The predicted octanol–water partition coefficient (Wildman–Crippen LogP) is 3.15. The van der Waals surface area contributed by atoms with Crippen LogP contribution in [-0.4, -0.2) is 49.8 Å². The van der Waals surface area contributed by atoms with Crippen LogP contribution in [0.3, 0.4) is 0 Å². The van der Waals surface area contributed by atoms with E-state index in [9.17, 15) is 0 Å². The summed E-state index contributed by atoms with van der Waals surface area (Å²) >= 11 is 0. The number of rotatable bonds is 5. The number of hydrogen-bond acceptors (Lipinski definition) is 3. The monoisotopic (exact) mass is 284 g/mol. The molecule has 1 rings (SSSR count). The summed E-state index contributed by atoms with van der Waals surface area (Å²) in [6.45, 7) is 21.2. The van der Waals surface area contributed by atoms with Crippen LogP contribution in [0, 0.1) is 10.8 Å². The van der Waals surface area contributed by atoms with Gasteiger partial charge in [-0.05, 0) is 17.3 Å². The van der Waals surface area contributed by atoms with Crippen LogP contribution in [0.15, 0.2) is 0 Å². The van der Waals surface area contributed by atoms with Crippen molar-refractivity contribution in [3.8, 4) is 0 Å². The molecule has 0 aromatic rings. The lowest BCUT2D eigenvalue weighted by atomic mass is 9.79. The molecule has 1 saturated heterocycles. The zero-order valence-electron chi connectivity index (χ0n) is 14.8. The van der Waals surface area contributed by atoms with Crippen LogP contribution in [0.1, 0.15) is 54.9 Å². The molecule has 3 heteroatoms. The van der Waals surface area contributed by atoms with Crippen molar-refractivity contribution in [1.29, 1.82) is 0 Å². The standard InChI is InChI=1S/C17H36N2O/c1-8-10-20-11-9-19-13-14(16(2,3)4)18-12-15(19)17(5,6)7/h14-15,18H,8-13H2,1-7H3. The maximum absolute atomic E-state index is 5.71. The van der Waals surface area contributed by atoms with Gasteiger partial charge in [0.1, 0.15) is 0 Å². The van der Waals surface area contributed by atoms with Gasteiger partial charge in [-0.2, -0.15) is 0 Å². The van der Waals surface area contributed by atoms with Crippen molar-refractivity contribution >= 4 is 0 Å². The lowest BCUT2D eigenvalue weighted by Crippen LogP contribution is -2.63. The number of hydrogen-bond donors (Lipinski definition) is 1. The lowest BCUT2D eigenvalue weighted by Gasteiger charge is -2.49. The number of ether oxygens (including phenoxy) is 1. The average molecular weight is 284 g/mol. The Balaban J connectivity index is 2.63. The van der Waals surface area contributed by atoms with Crippen molar-refractivity contribution in [1.82, 2.24) is 10.2 Å². The largest absolute Gasteiger partial charge is 0.380 e. The number of nitrogens with one attached hydrogen (secondary N) is 1. The van der Waals surface area contributed by atoms with Gasteiger partial charge >= 0.3 is 0 Å². The Morgan fingerprint density at radius 1 is 1.05 bits per heavy atom. The molecule has 0 spiro atoms. The van der Waals surface area contributed by atoms with Gasteiger partial charge in [-0.1, -0.05) is 48.5 Å². The fourth-order valence-corrected chi connectivity index (χ4v) is 2.92. The van der Waals surface area contributed by atoms with E-state index in [1.165, 1.54) is 0 Å². The topological polar surface area (TPSA) is 24.5 Å². The van der Waals surface area contributed by atoms with E-state index in [0.717, 1.165) is 39.3 Å². The highest BCUT2D eigenvalue weighted by Crippen LogP contribution is 2.30. The Kier molecular flexibility index (Phi) is 6.49. The second-order valence-electron chi connectivity index (χ2n) is 8.32. The van der Waals surface area contributed by atoms with E-state index in [1.54, 1.807) is 0 Å². The highest BCUT2D eigenvalue weighted by atomic mass is 16.5. The quantitative estimate of drug-likeness (QED) is 0.785. The first kappa shape index (κ1) is 17.9. The molecule has 0 amide bonds. The molecule has 0 radical (unpaired) electrons. The van der Waals surface area contributed by atoms with E-state index in [1.807, 2.05) is 0 Å². The lowest BCUT2D eigenvalue weighted by molar-refractivity contribution is 0.00778. The van der Waals surface area contributed by atoms with Crippen LogP contribution in [0.25, 0.3) is 0 Å². The predicted molar refractivity (Wildman–Crippen MR) is 87.2 cm³/mol. The molecule has 20 heavy (non-hydrogen) atoms. The van der Waals surface area contributed by atoms with E-state index in [0.29, 0.717) is 22.9 Å². The first-order valence-electron chi connectivity index (χ1n) is 8.21. The highest BCUT2D eigenvalue weighted by molar-refractivity contribution is 4.95. The molecule has 0 aromatic heterocycles. The highest BCUT2D eigenvalue weighted by Gasteiger charge is 2.38. The zero-order valence-corrected chi connectivity index (χ0v) is 14.8. The van der Waals surface area contributed by atoms with Gasteiger partial charge in [0.05, 0.1) is 6.61 Å². The Morgan fingerprint density at radius 3 is 2.20 bits per heavy atom. The van der Waals surface area contributed by atoms with Crippen LogP contribution >= 0.6 is 0 Å². The molecule has 0 bridgehead atoms. The van der Waals surface area contributed by atoms with Crippen molar-refractivity contribution in [2.45, 2.75) is 67.0 Å². The Labute approximate surface area is 126 Å². The number of nitrogens with zero attached hydrogens (tertiary/aromatic N) is 1. The molecule has 0 aliphatic carbocycles. The van der Waals surface area contributed by atoms with Gasteiger partial charge in [-0.25, -0.2) is 0 Å². The van der Waals surface area contributed by atoms with Gasteiger partial charge in [-0.3, -0.25) is 4.90 Å². The van der Waals surface area contributed by atoms with Crippen molar-refractivity contribution < 1.29 is 4.74 Å². The molecular weight excluding hydrogens is 248 g/mol. The molecule has 0 saturated carbocycles. The van der Waals surface area contributed by atoms with E-state index >= 15 is 0 Å². The summed E-state index contributed by atoms with van der Waals surface area (Å²) in [6, 6.07) is 1.15. The van der Waals surface area contributed by atoms with Crippen molar-refractivity contribution in [2.24, 2.45) is 10.8 Å². The molecule has 0 aromatic carbocycles. The van der Waals surface area contributed by atoms with Gasteiger partial charge in [0.15, 0.2) is 0 Å². The van der Waals surface area contributed by atoms with Crippen LogP contribution in [0.4, 0.5) is 0 Å². The van der Waals surface area contributed by atoms with Crippen LogP contribution in [-0.2, 0) is 4.74 Å². The molecule has 2 unspecified atom stereocenters. The molecule has 1 fully saturated rings. The SMILES string of the molecule is CCCOCCN1CC(C(C)(C)C)NCC1C(C)(C)C. The molecular formula is C17H36N2O. The van der Waals surface area contributed by atoms with E-state index in [2.05, 4.69) is 58.7 Å². The third kappa shape index (κ3) is 5.34. The van der Waals surface area contributed by atoms with E-state index in [-0.39, 0.29) is 0 Å². The summed E-state index contributed by atoms with van der Waals surface area (Å²) in [7, 11) is 0. The van der Waals surface area contributed by atoms with Crippen molar-refractivity contribution in [3.05, 3.63) is 0 Å². The smallest absolute Gasteiger partial charge is 0.0593 e. The molecule has 2 atom stereocenters. The van der Waals surface area contributed by atoms with Gasteiger partial charge in [0, 0.05) is 38.3 Å². The minimum Gasteiger partial charge on any atom is -0.380 e. The van der Waals surface area contributed by atoms with Gasteiger partial charge in [0.2, 0.25) is 0 Å². The molecule has 3 nitrogen and oxygen atoms in total. The van der Waals surface area contributed by atoms with Crippen LogP contribution in [0.5, 0.6) is 0 Å². The van der Waals surface area contributed by atoms with Gasteiger partial charge in [0.25, 0.3) is 0 Å². The Bertz CT molecular complexity index is 278. The summed E-state index contributed by atoms with van der Waals surface area (Å²) < 4.78 is 5.71. The van der Waals surface area contributed by atoms with Crippen molar-refractivity contribution in [2.75, 3.05) is 32.8 Å². The first-order valence-corrected chi connectivity index (χ1v) is 8.21. The summed E-state index contributed by atoms with van der Waals surface area (Å²) in [4.78, 5) is 2.64. The fraction of sp³-hybridized carbons (Fsp3) is 1.00. The Morgan fingerprint density at radius 2 is 1.70 bits per heavy atom. The second-order valence-corrected chi connectivity index (χ2v) is 8.32. The summed E-state index contributed by atoms with van der Waals surface area (Å²) in [6.07, 6.45) is 1.11. The number of piperazine rings is 1. The maximum Gasteiger partial charge on any atom is 0.0593 e. The summed E-state index contributed by atoms with van der Waals surface area (Å²) in [5.41, 5.74) is 0.617. The molecule has 1 N–H and O–H groups in total. The summed E-state index contributed by atoms with van der Waals surface area (Å²) in [5, 5.41) is 3.76. The fourth-order valence-electron chi connectivity index (χ4n) is 2.92. The molecule has 120 valence electrons. The minimum absolute atomic E-state index is 0.306. The first-order chi connectivity index (χ1) is 9.16. The van der Waals surface area contributed by atoms with Gasteiger partial charge in [-0.15, -0.1) is 0 Å². The van der Waals surface area contributed by atoms with Crippen molar-refractivity contribution in [3.63, 3.8) is 0 Å². The average Bonchev–Trinajstić information content (AvgIpc) is 2.32. The normalized spacial score (nSPS) is 25.9. The van der Waals surface area contributed by atoms with Gasteiger partial charge < -0.3 is 10.1 Å². The third-order valence-corrected chi connectivity index (χ3v) is 4.33. The maximum atomic E-state index is 5.71. The molecule has 1 aliphatic heterocycles. The molecule has 1 heterocycles. The van der Waals surface area contributed by atoms with Crippen LogP contribution in [0.2, 0.25) is 0 Å². The summed E-state index contributed by atoms with van der Waals surface area (Å²) in [5.74, 6) is 0. The minimum atomic E-state index is 0.306. The zero-order chi connectivity index (χ0) is 15.4. The third-order valence-electron chi connectivity index (χ3n) is 4.33. The van der Waals surface area contributed by atoms with E-state index < -0.39 is 0 Å². The van der Waals surface area contributed by atoms with E-state index in [4.69, 9.17) is 4.74 Å². The second kappa shape index (κ2) is 7.24. The molecule has 1 aliphatic rings. The van der Waals surface area contributed by atoms with Crippen LogP contribution < -0.4 is 5.32 Å².